The van der Waals surface area contributed by atoms with E-state index in [1.807, 2.05) is 4.90 Å². The number of nitro groups is 1. The second kappa shape index (κ2) is 7.49. The van der Waals surface area contributed by atoms with E-state index in [2.05, 4.69) is 5.10 Å². The van der Waals surface area contributed by atoms with Gasteiger partial charge in [-0.25, -0.2) is 4.39 Å². The molecule has 0 bridgehead atoms. The Labute approximate surface area is 137 Å². The van der Waals surface area contributed by atoms with Crippen LogP contribution in [0, 0.1) is 15.9 Å². The molecule has 1 aromatic heterocycles. The molecule has 124 valence electrons. The van der Waals surface area contributed by atoms with Crippen LogP contribution in [0.2, 0.25) is 5.02 Å². The predicted octanol–water partition coefficient (Wildman–Crippen LogP) is 2.08. The van der Waals surface area contributed by atoms with Crippen LogP contribution in [0.15, 0.2) is 30.6 Å². The van der Waals surface area contributed by atoms with Crippen LogP contribution in [0.1, 0.15) is 5.56 Å². The molecule has 2 aromatic rings. The molecule has 0 amide bonds. The number of aromatic nitrogens is 2. The van der Waals surface area contributed by atoms with E-state index in [9.17, 15) is 19.6 Å². The lowest BCUT2D eigenvalue weighted by Crippen LogP contribution is -2.31. The van der Waals surface area contributed by atoms with E-state index in [0.717, 1.165) is 11.8 Å². The summed E-state index contributed by atoms with van der Waals surface area (Å²) < 4.78 is 14.7. The monoisotopic (exact) mass is 342 g/mol. The third kappa shape index (κ3) is 4.98. The number of hydrogen-bond acceptors (Lipinski definition) is 5. The van der Waals surface area contributed by atoms with Gasteiger partial charge in [0.25, 0.3) is 0 Å². The summed E-state index contributed by atoms with van der Waals surface area (Å²) in [7, 11) is 1.78. The molecule has 9 heteroatoms. The van der Waals surface area contributed by atoms with Crippen LogP contribution >= 0.6 is 11.6 Å². The van der Waals surface area contributed by atoms with E-state index < -0.39 is 16.8 Å². The molecule has 0 radical (unpaired) electrons. The van der Waals surface area contributed by atoms with Gasteiger partial charge in [-0.15, -0.1) is 0 Å². The first-order valence-electron chi connectivity index (χ1n) is 6.82. The van der Waals surface area contributed by atoms with E-state index >= 15 is 0 Å². The quantitative estimate of drug-likeness (QED) is 0.615. The van der Waals surface area contributed by atoms with Crippen molar-refractivity contribution in [2.75, 3.05) is 13.6 Å². The molecule has 0 saturated carbocycles. The van der Waals surface area contributed by atoms with Gasteiger partial charge in [0.05, 0.1) is 22.6 Å². The number of likely N-dealkylation sites (N-methyl/N-ethyl adjacent to an activating group) is 1. The Hall–Kier alpha value is -2.03. The smallest absolute Gasteiger partial charge is 0.306 e. The SMILES string of the molecule is CN(Cc1ccc(Cl)c(F)c1)CC(O)Cn1cc([N+](=O)[O-])cn1. The third-order valence-electron chi connectivity index (χ3n) is 3.19. The zero-order chi connectivity index (χ0) is 17.0. The standard InChI is InChI=1S/C14H16ClFN4O3/c1-18(6-10-2-3-13(15)14(16)4-10)8-12(21)9-19-7-11(5-17-19)20(22)23/h2-5,7,12,21H,6,8-9H2,1H3. The van der Waals surface area contributed by atoms with Crippen molar-refractivity contribution in [3.05, 3.63) is 57.1 Å². The van der Waals surface area contributed by atoms with Crippen molar-refractivity contribution in [3.8, 4) is 0 Å². The molecule has 0 aliphatic carbocycles. The van der Waals surface area contributed by atoms with E-state index in [1.165, 1.54) is 23.0 Å². The van der Waals surface area contributed by atoms with Gasteiger partial charge in [-0.1, -0.05) is 17.7 Å². The number of rotatable bonds is 7. The first-order chi connectivity index (χ1) is 10.8. The summed E-state index contributed by atoms with van der Waals surface area (Å²) in [6, 6.07) is 4.55. The molecule has 2 rings (SSSR count). The van der Waals surface area contributed by atoms with E-state index in [1.54, 1.807) is 13.1 Å². The Bertz CT molecular complexity index is 694. The van der Waals surface area contributed by atoms with Gasteiger partial charge < -0.3 is 5.11 Å². The van der Waals surface area contributed by atoms with Crippen molar-refractivity contribution in [1.29, 1.82) is 0 Å². The van der Waals surface area contributed by atoms with E-state index in [-0.39, 0.29) is 17.3 Å². The Balaban J connectivity index is 1.87. The maximum atomic E-state index is 13.4. The largest absolute Gasteiger partial charge is 0.390 e. The van der Waals surface area contributed by atoms with Gasteiger partial charge in [0.1, 0.15) is 18.2 Å². The number of nitrogens with zero attached hydrogens (tertiary/aromatic N) is 4. The molecule has 1 aromatic carbocycles. The van der Waals surface area contributed by atoms with Crippen molar-refractivity contribution in [3.63, 3.8) is 0 Å². The molecule has 0 spiro atoms. The lowest BCUT2D eigenvalue weighted by molar-refractivity contribution is -0.385. The highest BCUT2D eigenvalue weighted by Crippen LogP contribution is 2.16. The van der Waals surface area contributed by atoms with Crippen molar-refractivity contribution >= 4 is 17.3 Å². The first kappa shape index (κ1) is 17.3. The Morgan fingerprint density at radius 3 is 2.91 bits per heavy atom. The Morgan fingerprint density at radius 1 is 1.57 bits per heavy atom. The minimum Gasteiger partial charge on any atom is -0.390 e. The van der Waals surface area contributed by atoms with Crippen molar-refractivity contribution in [2.24, 2.45) is 0 Å². The molecular formula is C14H16ClFN4O3. The summed E-state index contributed by atoms with van der Waals surface area (Å²) in [5.74, 6) is -0.484. The Morgan fingerprint density at radius 2 is 2.30 bits per heavy atom. The summed E-state index contributed by atoms with van der Waals surface area (Å²) in [4.78, 5) is 11.8. The van der Waals surface area contributed by atoms with Gasteiger partial charge >= 0.3 is 5.69 Å². The van der Waals surface area contributed by atoms with Gasteiger partial charge in [-0.2, -0.15) is 5.10 Å². The van der Waals surface area contributed by atoms with Gasteiger partial charge in [-0.05, 0) is 24.7 Å². The molecule has 7 nitrogen and oxygen atoms in total. The molecule has 23 heavy (non-hydrogen) atoms. The van der Waals surface area contributed by atoms with Gasteiger partial charge in [0.15, 0.2) is 0 Å². The van der Waals surface area contributed by atoms with Gasteiger partial charge in [0, 0.05) is 13.1 Å². The second-order valence-corrected chi connectivity index (χ2v) is 5.68. The van der Waals surface area contributed by atoms with Crippen LogP contribution in [-0.4, -0.2) is 44.4 Å². The predicted molar refractivity (Wildman–Crippen MR) is 82.6 cm³/mol. The fraction of sp³-hybridized carbons (Fsp3) is 0.357. The molecule has 1 heterocycles. The summed E-state index contributed by atoms with van der Waals surface area (Å²) in [6.45, 7) is 0.871. The maximum Gasteiger partial charge on any atom is 0.306 e. The molecule has 0 aliphatic heterocycles. The molecular weight excluding hydrogens is 327 g/mol. The highest BCUT2D eigenvalue weighted by molar-refractivity contribution is 6.30. The number of hydrogen-bond donors (Lipinski definition) is 1. The fourth-order valence-electron chi connectivity index (χ4n) is 2.19. The molecule has 1 N–H and O–H groups in total. The lowest BCUT2D eigenvalue weighted by atomic mass is 10.2. The van der Waals surface area contributed by atoms with Crippen LogP contribution in [0.25, 0.3) is 0 Å². The average Bonchev–Trinajstić information content (AvgIpc) is 2.91. The zero-order valence-electron chi connectivity index (χ0n) is 12.4. The minimum atomic E-state index is -0.767. The fourth-order valence-corrected chi connectivity index (χ4v) is 2.31. The Kier molecular flexibility index (Phi) is 5.64. The molecule has 1 atom stereocenters. The summed E-state index contributed by atoms with van der Waals surface area (Å²) in [5, 5.41) is 24.5. The normalized spacial score (nSPS) is 12.6. The second-order valence-electron chi connectivity index (χ2n) is 5.28. The van der Waals surface area contributed by atoms with E-state index in [4.69, 9.17) is 11.6 Å². The van der Waals surface area contributed by atoms with Crippen LogP contribution in [0.4, 0.5) is 10.1 Å². The lowest BCUT2D eigenvalue weighted by Gasteiger charge is -2.20. The van der Waals surface area contributed by atoms with Crippen LogP contribution in [0.5, 0.6) is 0 Å². The zero-order valence-corrected chi connectivity index (χ0v) is 13.1. The number of halogens is 2. The van der Waals surface area contributed by atoms with E-state index in [0.29, 0.717) is 13.1 Å². The van der Waals surface area contributed by atoms with Crippen LogP contribution in [-0.2, 0) is 13.1 Å². The molecule has 0 saturated heterocycles. The number of aliphatic hydroxyl groups excluding tert-OH is 1. The summed E-state index contributed by atoms with van der Waals surface area (Å²) in [6.07, 6.45) is 1.63. The number of aliphatic hydroxyl groups is 1. The summed E-state index contributed by atoms with van der Waals surface area (Å²) >= 11 is 5.63. The van der Waals surface area contributed by atoms with Crippen LogP contribution in [0.3, 0.4) is 0 Å². The first-order valence-corrected chi connectivity index (χ1v) is 7.20. The van der Waals surface area contributed by atoms with Gasteiger partial charge in [0.2, 0.25) is 0 Å². The topological polar surface area (TPSA) is 84.4 Å². The summed E-state index contributed by atoms with van der Waals surface area (Å²) in [5.41, 5.74) is 0.610. The van der Waals surface area contributed by atoms with Crippen LogP contribution < -0.4 is 0 Å². The molecule has 0 aliphatic rings. The molecule has 1 unspecified atom stereocenters. The average molecular weight is 343 g/mol. The van der Waals surface area contributed by atoms with Crippen molar-refractivity contribution in [1.82, 2.24) is 14.7 Å². The van der Waals surface area contributed by atoms with Crippen molar-refractivity contribution in [2.45, 2.75) is 19.2 Å². The minimum absolute atomic E-state index is 0.0664. The highest BCUT2D eigenvalue weighted by Gasteiger charge is 2.14. The third-order valence-corrected chi connectivity index (χ3v) is 3.49. The maximum absolute atomic E-state index is 13.4. The van der Waals surface area contributed by atoms with Gasteiger partial charge in [-0.3, -0.25) is 19.7 Å². The number of benzene rings is 1. The highest BCUT2D eigenvalue weighted by atomic mass is 35.5. The van der Waals surface area contributed by atoms with Crippen molar-refractivity contribution < 1.29 is 14.4 Å². The molecule has 0 fully saturated rings.